The van der Waals surface area contributed by atoms with E-state index in [1.807, 2.05) is 12.3 Å². The van der Waals surface area contributed by atoms with E-state index in [9.17, 15) is 4.79 Å². The van der Waals surface area contributed by atoms with Crippen molar-refractivity contribution in [3.05, 3.63) is 65.1 Å². The highest BCUT2D eigenvalue weighted by molar-refractivity contribution is 6.02. The van der Waals surface area contributed by atoms with Crippen LogP contribution in [0.2, 0.25) is 0 Å². The monoisotopic (exact) mass is 555 g/mol. The Balaban J connectivity index is 1.49. The number of nitrogens with zero attached hydrogens (tertiary/aromatic N) is 5. The average Bonchev–Trinajstić information content (AvgIpc) is 3.42. The van der Waals surface area contributed by atoms with E-state index in [1.165, 1.54) is 12.1 Å². The van der Waals surface area contributed by atoms with Gasteiger partial charge in [-0.1, -0.05) is 26.5 Å². The summed E-state index contributed by atoms with van der Waals surface area (Å²) in [5.41, 5.74) is 7.20. The van der Waals surface area contributed by atoms with Crippen LogP contribution in [0.15, 0.2) is 42.7 Å². The molecule has 41 heavy (non-hydrogen) atoms. The maximum absolute atomic E-state index is 14.5. The normalized spacial score (nSPS) is 23.4. The van der Waals surface area contributed by atoms with Crippen molar-refractivity contribution in [1.82, 2.24) is 24.5 Å². The maximum Gasteiger partial charge on any atom is 0.258 e. The summed E-state index contributed by atoms with van der Waals surface area (Å²) in [4.78, 5) is 21.4. The molecule has 6 rings (SSSR count). The molecule has 2 saturated heterocycles. The number of fused-ring (bicyclic) bond motifs is 3. The number of likely N-dealkylation sites (N-methyl/N-ethyl adjacent to an activating group) is 1. The van der Waals surface area contributed by atoms with Crippen LogP contribution in [0, 0.1) is 5.92 Å². The molecule has 0 N–H and O–H groups in total. The van der Waals surface area contributed by atoms with Gasteiger partial charge in [-0.05, 0) is 93.8 Å². The first kappa shape index (κ1) is 27.8. The van der Waals surface area contributed by atoms with Crippen LogP contribution in [0.25, 0.3) is 17.3 Å². The van der Waals surface area contributed by atoms with E-state index in [1.54, 1.807) is 7.11 Å². The largest absolute Gasteiger partial charge is 0.497 e. The van der Waals surface area contributed by atoms with Crippen LogP contribution >= 0.6 is 0 Å². The molecule has 2 atom stereocenters. The van der Waals surface area contributed by atoms with E-state index in [0.29, 0.717) is 18.5 Å². The summed E-state index contributed by atoms with van der Waals surface area (Å²) >= 11 is 0. The summed E-state index contributed by atoms with van der Waals surface area (Å²) in [6.07, 6.45) is 12.8. The van der Waals surface area contributed by atoms with E-state index >= 15 is 0 Å². The number of hydrogen-bond donors (Lipinski definition) is 0. The fraction of sp³-hybridized carbons (Fsp3) is 0.529. The average molecular weight is 556 g/mol. The van der Waals surface area contributed by atoms with Gasteiger partial charge in [-0.3, -0.25) is 9.48 Å². The first-order valence-electron chi connectivity index (χ1n) is 15.4. The van der Waals surface area contributed by atoms with Gasteiger partial charge in [0.1, 0.15) is 5.75 Å². The second kappa shape index (κ2) is 11.2. The van der Waals surface area contributed by atoms with Gasteiger partial charge in [0.15, 0.2) is 0 Å². The molecule has 2 aromatic rings. The van der Waals surface area contributed by atoms with Crippen molar-refractivity contribution in [3.8, 4) is 5.75 Å². The summed E-state index contributed by atoms with van der Waals surface area (Å²) in [5.74, 6) is 1.46. The van der Waals surface area contributed by atoms with Crippen LogP contribution in [0.3, 0.4) is 0 Å². The molecule has 0 radical (unpaired) electrons. The van der Waals surface area contributed by atoms with Gasteiger partial charge in [0.2, 0.25) is 0 Å². The molecule has 7 nitrogen and oxygen atoms in total. The van der Waals surface area contributed by atoms with Crippen LogP contribution in [0.4, 0.5) is 0 Å². The van der Waals surface area contributed by atoms with Crippen LogP contribution in [-0.4, -0.2) is 76.3 Å². The molecule has 4 aliphatic rings. The van der Waals surface area contributed by atoms with Gasteiger partial charge >= 0.3 is 0 Å². The molecule has 7 heteroatoms. The topological polar surface area (TPSA) is 53.8 Å². The summed E-state index contributed by atoms with van der Waals surface area (Å²) < 4.78 is 7.80. The molecule has 1 aliphatic carbocycles. The number of methoxy groups -OCH3 is 1. The first-order valence-corrected chi connectivity index (χ1v) is 15.4. The molecule has 218 valence electrons. The molecule has 3 aliphatic heterocycles. The molecule has 2 unspecified atom stereocenters. The maximum atomic E-state index is 14.5. The number of carbonyl (C=O) groups is 1. The third-order valence-corrected chi connectivity index (χ3v) is 9.50. The molecular weight excluding hydrogens is 510 g/mol. The van der Waals surface area contributed by atoms with Crippen LogP contribution in [0.1, 0.15) is 92.5 Å². The molecular formula is C34H45N5O2. The van der Waals surface area contributed by atoms with Crippen molar-refractivity contribution in [2.75, 3.05) is 33.8 Å². The number of amides is 1. The zero-order valence-corrected chi connectivity index (χ0v) is 25.4. The lowest BCUT2D eigenvalue weighted by atomic mass is 9.92. The summed E-state index contributed by atoms with van der Waals surface area (Å²) in [7, 11) is 3.88. The quantitative estimate of drug-likeness (QED) is 0.401. The Kier molecular flexibility index (Phi) is 7.58. The van der Waals surface area contributed by atoms with E-state index < -0.39 is 0 Å². The predicted octanol–water partition coefficient (Wildman–Crippen LogP) is 6.31. The van der Waals surface area contributed by atoms with Crippen LogP contribution in [0.5, 0.6) is 5.75 Å². The van der Waals surface area contributed by atoms with Gasteiger partial charge in [-0.2, -0.15) is 5.10 Å². The Morgan fingerprint density at radius 2 is 1.88 bits per heavy atom. The SMILES string of the molecule is C=C1c2ccc(OC)cc2C=C(c2c(C(=O)N3C4CCC3CN(C)C4)cnn2C2CCC2)CN1/C(=C/C)CC(C)C. The highest BCUT2D eigenvalue weighted by atomic mass is 16.5. The van der Waals surface area contributed by atoms with Gasteiger partial charge in [0, 0.05) is 48.7 Å². The Morgan fingerprint density at radius 3 is 2.49 bits per heavy atom. The lowest BCUT2D eigenvalue weighted by molar-refractivity contribution is 0.0472. The molecule has 2 bridgehead atoms. The lowest BCUT2D eigenvalue weighted by Gasteiger charge is -2.39. The van der Waals surface area contributed by atoms with Crippen LogP contribution in [-0.2, 0) is 0 Å². The van der Waals surface area contributed by atoms with E-state index in [2.05, 4.69) is 78.1 Å². The highest BCUT2D eigenvalue weighted by Crippen LogP contribution is 2.41. The highest BCUT2D eigenvalue weighted by Gasteiger charge is 2.43. The number of piperazine rings is 1. The second-order valence-corrected chi connectivity index (χ2v) is 12.8. The van der Waals surface area contributed by atoms with Gasteiger partial charge in [-0.15, -0.1) is 0 Å². The molecule has 0 spiro atoms. The molecule has 1 aromatic carbocycles. The third kappa shape index (κ3) is 5.03. The van der Waals surface area contributed by atoms with Gasteiger partial charge in [0.25, 0.3) is 5.91 Å². The van der Waals surface area contributed by atoms with Crippen LogP contribution < -0.4 is 4.74 Å². The third-order valence-electron chi connectivity index (χ3n) is 9.50. The number of allylic oxidation sites excluding steroid dienone is 2. The number of ether oxygens (including phenoxy) is 1. The number of benzene rings is 1. The fourth-order valence-electron chi connectivity index (χ4n) is 7.25. The molecule has 1 amide bonds. The predicted molar refractivity (Wildman–Crippen MR) is 165 cm³/mol. The van der Waals surface area contributed by atoms with Crippen molar-refractivity contribution in [1.29, 1.82) is 0 Å². The van der Waals surface area contributed by atoms with Crippen molar-refractivity contribution in [2.45, 2.75) is 77.4 Å². The summed E-state index contributed by atoms with van der Waals surface area (Å²) in [6.45, 7) is 13.8. The van der Waals surface area contributed by atoms with Gasteiger partial charge < -0.3 is 19.4 Å². The molecule has 1 saturated carbocycles. The number of likely N-dealkylation sites (tertiary alicyclic amines) is 1. The zero-order chi connectivity index (χ0) is 28.8. The minimum atomic E-state index is 0.140. The second-order valence-electron chi connectivity index (χ2n) is 12.8. The van der Waals surface area contributed by atoms with E-state index in [-0.39, 0.29) is 18.0 Å². The van der Waals surface area contributed by atoms with E-state index in [0.717, 1.165) is 84.6 Å². The lowest BCUT2D eigenvalue weighted by Crippen LogP contribution is -2.54. The number of carbonyl (C=O) groups excluding carboxylic acids is 1. The van der Waals surface area contributed by atoms with E-state index in [4.69, 9.17) is 9.84 Å². The summed E-state index contributed by atoms with van der Waals surface area (Å²) in [6, 6.07) is 7.09. The van der Waals surface area contributed by atoms with Crippen molar-refractivity contribution in [3.63, 3.8) is 0 Å². The minimum absolute atomic E-state index is 0.140. The first-order chi connectivity index (χ1) is 19.8. The van der Waals surface area contributed by atoms with Crippen molar-refractivity contribution >= 4 is 23.3 Å². The van der Waals surface area contributed by atoms with Crippen molar-refractivity contribution < 1.29 is 9.53 Å². The Hall–Kier alpha value is -3.32. The Morgan fingerprint density at radius 1 is 1.15 bits per heavy atom. The fourth-order valence-corrected chi connectivity index (χ4v) is 7.25. The number of aromatic nitrogens is 2. The number of hydrogen-bond acceptors (Lipinski definition) is 5. The molecule has 1 aromatic heterocycles. The van der Waals surface area contributed by atoms with Gasteiger partial charge in [-0.25, -0.2) is 0 Å². The standard InChI is InChI=1S/C34H45N5O2/c1-7-26(15-22(2)3)37-19-25(16-24-17-30(41-6)13-14-31(24)23(37)4)33-32(18-35-39(33)27-9-8-10-27)34(40)38-28-11-12-29(38)21-36(5)20-28/h7,13-14,16-18,22,27-29H,4,8-12,15,19-21H2,1-3,5-6H3/b26-7+. The summed E-state index contributed by atoms with van der Waals surface area (Å²) in [5, 5.41) is 4.93. The Labute approximate surface area is 245 Å². The zero-order valence-electron chi connectivity index (χ0n) is 25.4. The molecule has 4 heterocycles. The van der Waals surface area contributed by atoms with Gasteiger partial charge in [0.05, 0.1) is 30.6 Å². The molecule has 3 fully saturated rings. The Bertz CT molecular complexity index is 1380. The number of rotatable bonds is 7. The minimum Gasteiger partial charge on any atom is -0.497 e. The van der Waals surface area contributed by atoms with Crippen molar-refractivity contribution in [2.24, 2.45) is 5.92 Å². The smallest absolute Gasteiger partial charge is 0.258 e.